The molecule has 5 heteroatoms. The van der Waals surface area contributed by atoms with E-state index in [-0.39, 0.29) is 18.0 Å². The van der Waals surface area contributed by atoms with E-state index in [9.17, 15) is 9.59 Å². The van der Waals surface area contributed by atoms with E-state index >= 15 is 0 Å². The molecule has 0 bridgehead atoms. The summed E-state index contributed by atoms with van der Waals surface area (Å²) in [6, 6.07) is 0.0629. The van der Waals surface area contributed by atoms with Gasteiger partial charge in [-0.2, -0.15) is 0 Å². The van der Waals surface area contributed by atoms with E-state index in [2.05, 4.69) is 6.58 Å². The fourth-order valence-electron chi connectivity index (χ4n) is 2.32. The van der Waals surface area contributed by atoms with Crippen LogP contribution in [0.15, 0.2) is 12.7 Å². The predicted molar refractivity (Wildman–Crippen MR) is 78.4 cm³/mol. The molecule has 1 aliphatic heterocycles. The van der Waals surface area contributed by atoms with Gasteiger partial charge in [0.15, 0.2) is 0 Å². The van der Waals surface area contributed by atoms with Crippen molar-refractivity contribution in [3.05, 3.63) is 12.7 Å². The van der Waals surface area contributed by atoms with E-state index in [0.717, 1.165) is 12.8 Å². The summed E-state index contributed by atoms with van der Waals surface area (Å²) in [6.45, 7) is 13.0. The second-order valence-electron chi connectivity index (χ2n) is 6.10. The minimum atomic E-state index is -0.491. The van der Waals surface area contributed by atoms with E-state index in [1.807, 2.05) is 27.7 Å². The van der Waals surface area contributed by atoms with Crippen LogP contribution in [-0.4, -0.2) is 53.1 Å². The number of hydrogen-bond acceptors (Lipinski definition) is 3. The Hall–Kier alpha value is -1.52. The monoisotopic (exact) mass is 282 g/mol. The minimum Gasteiger partial charge on any atom is -0.444 e. The number of rotatable bonds is 4. The first-order valence-corrected chi connectivity index (χ1v) is 7.19. The molecule has 0 aromatic carbocycles. The van der Waals surface area contributed by atoms with Crippen molar-refractivity contribution in [2.24, 2.45) is 0 Å². The molecule has 0 N–H and O–H groups in total. The maximum Gasteiger partial charge on any atom is 0.410 e. The molecule has 5 nitrogen and oxygen atoms in total. The standard InChI is InChI=1S/C15H26N2O3/c1-6-9-17(13(18)7-2)12-8-10-16(11-12)14(19)20-15(3,4)5/h7,12H,2,6,8-11H2,1,3-5H3. The van der Waals surface area contributed by atoms with Crippen LogP contribution in [0.1, 0.15) is 40.5 Å². The van der Waals surface area contributed by atoms with Crippen molar-refractivity contribution in [1.82, 2.24) is 9.80 Å². The van der Waals surface area contributed by atoms with E-state index < -0.39 is 5.60 Å². The average Bonchev–Trinajstić information content (AvgIpc) is 2.82. The molecule has 1 atom stereocenters. The number of carbonyl (C=O) groups excluding carboxylic acids is 2. The third-order valence-corrected chi connectivity index (χ3v) is 3.18. The summed E-state index contributed by atoms with van der Waals surface area (Å²) in [6.07, 6.45) is 2.72. The second-order valence-corrected chi connectivity index (χ2v) is 6.10. The quantitative estimate of drug-likeness (QED) is 0.744. The molecule has 1 fully saturated rings. The zero-order valence-corrected chi connectivity index (χ0v) is 13.0. The molecule has 0 aliphatic carbocycles. The van der Waals surface area contributed by atoms with Gasteiger partial charge >= 0.3 is 6.09 Å². The highest BCUT2D eigenvalue weighted by Crippen LogP contribution is 2.19. The van der Waals surface area contributed by atoms with Crippen molar-refractivity contribution in [2.45, 2.75) is 52.2 Å². The van der Waals surface area contributed by atoms with Gasteiger partial charge in [0.05, 0.1) is 6.04 Å². The Morgan fingerprint density at radius 1 is 1.45 bits per heavy atom. The molecule has 2 amide bonds. The molecular weight excluding hydrogens is 256 g/mol. The van der Waals surface area contributed by atoms with Crippen LogP contribution in [0.2, 0.25) is 0 Å². The van der Waals surface area contributed by atoms with Gasteiger partial charge in [-0.1, -0.05) is 13.5 Å². The van der Waals surface area contributed by atoms with Crippen LogP contribution in [0.3, 0.4) is 0 Å². The van der Waals surface area contributed by atoms with Gasteiger partial charge in [-0.25, -0.2) is 4.79 Å². The van der Waals surface area contributed by atoms with Gasteiger partial charge < -0.3 is 14.5 Å². The van der Waals surface area contributed by atoms with Crippen LogP contribution < -0.4 is 0 Å². The van der Waals surface area contributed by atoms with Gasteiger partial charge in [0.25, 0.3) is 0 Å². The lowest BCUT2D eigenvalue weighted by Gasteiger charge is -2.28. The van der Waals surface area contributed by atoms with Crippen LogP contribution in [0.5, 0.6) is 0 Å². The molecular formula is C15H26N2O3. The van der Waals surface area contributed by atoms with Crippen molar-refractivity contribution < 1.29 is 14.3 Å². The Morgan fingerprint density at radius 3 is 2.60 bits per heavy atom. The first-order valence-electron chi connectivity index (χ1n) is 7.19. The third-order valence-electron chi connectivity index (χ3n) is 3.18. The third kappa shape index (κ3) is 4.54. The molecule has 0 radical (unpaired) electrons. The summed E-state index contributed by atoms with van der Waals surface area (Å²) < 4.78 is 5.36. The summed E-state index contributed by atoms with van der Waals surface area (Å²) in [4.78, 5) is 27.4. The summed E-state index contributed by atoms with van der Waals surface area (Å²) in [7, 11) is 0. The minimum absolute atomic E-state index is 0.0629. The van der Waals surface area contributed by atoms with Crippen molar-refractivity contribution in [3.63, 3.8) is 0 Å². The van der Waals surface area contributed by atoms with E-state index in [1.165, 1.54) is 6.08 Å². The Balaban J connectivity index is 2.63. The molecule has 114 valence electrons. The van der Waals surface area contributed by atoms with Gasteiger partial charge in [-0.05, 0) is 39.7 Å². The molecule has 0 aromatic heterocycles. The van der Waals surface area contributed by atoms with Gasteiger partial charge in [-0.15, -0.1) is 0 Å². The summed E-state index contributed by atoms with van der Waals surface area (Å²) >= 11 is 0. The van der Waals surface area contributed by atoms with Gasteiger partial charge in [0.2, 0.25) is 5.91 Å². The van der Waals surface area contributed by atoms with E-state index in [0.29, 0.717) is 19.6 Å². The Bertz CT molecular complexity index is 374. The summed E-state index contributed by atoms with van der Waals surface area (Å²) in [5.41, 5.74) is -0.491. The van der Waals surface area contributed by atoms with Crippen LogP contribution in [0, 0.1) is 0 Å². The average molecular weight is 282 g/mol. The smallest absolute Gasteiger partial charge is 0.410 e. The molecule has 0 saturated carbocycles. The van der Waals surface area contributed by atoms with Crippen LogP contribution in [0.4, 0.5) is 4.79 Å². The fraction of sp³-hybridized carbons (Fsp3) is 0.733. The molecule has 1 heterocycles. The molecule has 1 rings (SSSR count). The van der Waals surface area contributed by atoms with Crippen LogP contribution in [0.25, 0.3) is 0 Å². The summed E-state index contributed by atoms with van der Waals surface area (Å²) in [5.74, 6) is -0.0668. The zero-order chi connectivity index (χ0) is 15.3. The van der Waals surface area contributed by atoms with Crippen molar-refractivity contribution in [2.75, 3.05) is 19.6 Å². The number of carbonyl (C=O) groups is 2. The lowest BCUT2D eigenvalue weighted by Crippen LogP contribution is -2.43. The summed E-state index contributed by atoms with van der Waals surface area (Å²) in [5, 5.41) is 0. The van der Waals surface area contributed by atoms with E-state index in [1.54, 1.807) is 9.80 Å². The van der Waals surface area contributed by atoms with Crippen molar-refractivity contribution in [1.29, 1.82) is 0 Å². The molecule has 1 saturated heterocycles. The second kappa shape index (κ2) is 6.77. The van der Waals surface area contributed by atoms with Crippen molar-refractivity contribution >= 4 is 12.0 Å². The van der Waals surface area contributed by atoms with Crippen LogP contribution >= 0.6 is 0 Å². The SMILES string of the molecule is C=CC(=O)N(CCC)C1CCN(C(=O)OC(C)(C)C)C1. The topological polar surface area (TPSA) is 49.9 Å². The number of likely N-dealkylation sites (tertiary alicyclic amines) is 1. The maximum atomic E-state index is 12.0. The fourth-order valence-corrected chi connectivity index (χ4v) is 2.32. The normalized spacial score (nSPS) is 18.8. The Morgan fingerprint density at radius 2 is 2.10 bits per heavy atom. The lowest BCUT2D eigenvalue weighted by atomic mass is 10.2. The van der Waals surface area contributed by atoms with Gasteiger partial charge in [-0.3, -0.25) is 4.79 Å². The number of nitrogens with zero attached hydrogens (tertiary/aromatic N) is 2. The molecule has 0 aromatic rings. The van der Waals surface area contributed by atoms with Gasteiger partial charge in [0, 0.05) is 19.6 Å². The van der Waals surface area contributed by atoms with Crippen molar-refractivity contribution in [3.8, 4) is 0 Å². The molecule has 1 unspecified atom stereocenters. The first-order chi connectivity index (χ1) is 9.28. The zero-order valence-electron chi connectivity index (χ0n) is 13.0. The molecule has 1 aliphatic rings. The highest BCUT2D eigenvalue weighted by molar-refractivity contribution is 5.87. The first kappa shape index (κ1) is 16.5. The Kier molecular flexibility index (Phi) is 5.60. The highest BCUT2D eigenvalue weighted by Gasteiger charge is 2.33. The number of hydrogen-bond donors (Lipinski definition) is 0. The molecule has 20 heavy (non-hydrogen) atoms. The lowest BCUT2D eigenvalue weighted by molar-refractivity contribution is -0.128. The van der Waals surface area contributed by atoms with Gasteiger partial charge in [0.1, 0.15) is 5.60 Å². The number of amides is 2. The predicted octanol–water partition coefficient (Wildman–Crippen LogP) is 2.42. The molecule has 0 spiro atoms. The maximum absolute atomic E-state index is 12.0. The Labute approximate surface area is 121 Å². The largest absolute Gasteiger partial charge is 0.444 e. The van der Waals surface area contributed by atoms with E-state index in [4.69, 9.17) is 4.74 Å². The van der Waals surface area contributed by atoms with Crippen LogP contribution in [-0.2, 0) is 9.53 Å². The number of ether oxygens (including phenoxy) is 1. The highest BCUT2D eigenvalue weighted by atomic mass is 16.6.